The highest BCUT2D eigenvalue weighted by atomic mass is 16.3. The van der Waals surface area contributed by atoms with Gasteiger partial charge in [0.05, 0.1) is 18.5 Å². The van der Waals surface area contributed by atoms with Crippen molar-refractivity contribution in [2.45, 2.75) is 18.9 Å². The van der Waals surface area contributed by atoms with Gasteiger partial charge in [-0.3, -0.25) is 0 Å². The molecule has 78 valence electrons. The fourth-order valence-electron chi connectivity index (χ4n) is 1.64. The van der Waals surface area contributed by atoms with Crippen LogP contribution >= 0.6 is 0 Å². The van der Waals surface area contributed by atoms with Crippen molar-refractivity contribution < 1.29 is 5.11 Å². The molecule has 1 aromatic rings. The SMILES string of the molecule is N#Cc1ccc(N(CCO)C2CC2)cn1. The summed E-state index contributed by atoms with van der Waals surface area (Å²) < 4.78 is 0. The van der Waals surface area contributed by atoms with Gasteiger partial charge in [-0.25, -0.2) is 4.98 Å². The Bertz CT molecular complexity index is 364. The molecule has 4 nitrogen and oxygen atoms in total. The number of aliphatic hydroxyl groups is 1. The molecule has 1 aliphatic rings. The summed E-state index contributed by atoms with van der Waals surface area (Å²) in [7, 11) is 0. The minimum Gasteiger partial charge on any atom is -0.395 e. The smallest absolute Gasteiger partial charge is 0.140 e. The Morgan fingerprint density at radius 2 is 2.33 bits per heavy atom. The summed E-state index contributed by atoms with van der Waals surface area (Å²) in [5.74, 6) is 0. The Balaban J connectivity index is 2.15. The second kappa shape index (κ2) is 4.28. The Labute approximate surface area is 88.8 Å². The van der Waals surface area contributed by atoms with E-state index >= 15 is 0 Å². The van der Waals surface area contributed by atoms with Crippen molar-refractivity contribution in [3.05, 3.63) is 24.0 Å². The van der Waals surface area contributed by atoms with Crippen LogP contribution in [-0.2, 0) is 0 Å². The van der Waals surface area contributed by atoms with E-state index in [1.807, 2.05) is 12.1 Å². The van der Waals surface area contributed by atoms with Crippen LogP contribution in [0.15, 0.2) is 18.3 Å². The van der Waals surface area contributed by atoms with E-state index in [1.165, 1.54) is 12.8 Å². The Morgan fingerprint density at radius 3 is 2.80 bits per heavy atom. The molecule has 0 amide bonds. The van der Waals surface area contributed by atoms with Crippen LogP contribution < -0.4 is 4.90 Å². The summed E-state index contributed by atoms with van der Waals surface area (Å²) in [6, 6.07) is 6.14. The lowest BCUT2D eigenvalue weighted by molar-refractivity contribution is 0.301. The van der Waals surface area contributed by atoms with E-state index in [1.54, 1.807) is 12.3 Å². The van der Waals surface area contributed by atoms with Gasteiger partial charge in [0.2, 0.25) is 0 Å². The number of hydrogen-bond acceptors (Lipinski definition) is 4. The highest BCUT2D eigenvalue weighted by Crippen LogP contribution is 2.30. The van der Waals surface area contributed by atoms with Crippen LogP contribution in [0.3, 0.4) is 0 Å². The zero-order valence-electron chi connectivity index (χ0n) is 8.43. The third kappa shape index (κ3) is 2.25. The molecule has 0 unspecified atom stereocenters. The molecular weight excluding hydrogens is 190 g/mol. The standard InChI is InChI=1S/C11H13N3O/c12-7-9-1-2-11(8-13-9)14(5-6-15)10-3-4-10/h1-2,8,10,15H,3-6H2. The predicted molar refractivity (Wildman–Crippen MR) is 56.4 cm³/mol. The van der Waals surface area contributed by atoms with Crippen LogP contribution in [0.2, 0.25) is 0 Å². The van der Waals surface area contributed by atoms with E-state index < -0.39 is 0 Å². The topological polar surface area (TPSA) is 60.2 Å². The molecule has 0 saturated heterocycles. The fraction of sp³-hybridized carbons (Fsp3) is 0.455. The van der Waals surface area contributed by atoms with E-state index in [0.717, 1.165) is 5.69 Å². The number of nitrogens with zero attached hydrogens (tertiary/aromatic N) is 3. The molecule has 1 N–H and O–H groups in total. The second-order valence-corrected chi connectivity index (χ2v) is 3.66. The average molecular weight is 203 g/mol. The van der Waals surface area contributed by atoms with E-state index in [-0.39, 0.29) is 6.61 Å². The van der Waals surface area contributed by atoms with Crippen molar-refractivity contribution in [3.63, 3.8) is 0 Å². The molecule has 1 aromatic heterocycles. The predicted octanol–water partition coefficient (Wildman–Crippen LogP) is 0.914. The Morgan fingerprint density at radius 1 is 1.53 bits per heavy atom. The first-order valence-corrected chi connectivity index (χ1v) is 5.09. The molecule has 1 saturated carbocycles. The highest BCUT2D eigenvalue weighted by Gasteiger charge is 2.28. The lowest BCUT2D eigenvalue weighted by Crippen LogP contribution is -2.28. The van der Waals surface area contributed by atoms with Crippen LogP contribution in [0.25, 0.3) is 0 Å². The molecule has 0 bridgehead atoms. The minimum atomic E-state index is 0.149. The molecule has 1 fully saturated rings. The van der Waals surface area contributed by atoms with Gasteiger partial charge < -0.3 is 10.0 Å². The van der Waals surface area contributed by atoms with Crippen molar-refractivity contribution in [1.29, 1.82) is 5.26 Å². The largest absolute Gasteiger partial charge is 0.395 e. The van der Waals surface area contributed by atoms with Crippen LogP contribution in [-0.4, -0.2) is 29.3 Å². The number of nitriles is 1. The molecule has 4 heteroatoms. The molecule has 0 atom stereocenters. The molecular formula is C11H13N3O. The highest BCUT2D eigenvalue weighted by molar-refractivity contribution is 5.48. The number of aliphatic hydroxyl groups excluding tert-OH is 1. The van der Waals surface area contributed by atoms with Gasteiger partial charge >= 0.3 is 0 Å². The molecule has 2 rings (SSSR count). The van der Waals surface area contributed by atoms with Crippen molar-refractivity contribution in [2.24, 2.45) is 0 Å². The Hall–Kier alpha value is -1.60. The van der Waals surface area contributed by atoms with E-state index in [0.29, 0.717) is 18.3 Å². The lowest BCUT2D eigenvalue weighted by Gasteiger charge is -2.23. The number of anilines is 1. The summed E-state index contributed by atoms with van der Waals surface area (Å²) in [5, 5.41) is 17.6. The van der Waals surface area contributed by atoms with Gasteiger partial charge in [0, 0.05) is 12.6 Å². The van der Waals surface area contributed by atoms with Crippen LogP contribution in [0.1, 0.15) is 18.5 Å². The number of pyridine rings is 1. The number of rotatable bonds is 4. The maximum absolute atomic E-state index is 8.96. The van der Waals surface area contributed by atoms with Crippen LogP contribution in [0.4, 0.5) is 5.69 Å². The summed E-state index contributed by atoms with van der Waals surface area (Å²) in [5.41, 5.74) is 1.42. The number of hydrogen-bond donors (Lipinski definition) is 1. The monoisotopic (exact) mass is 203 g/mol. The van der Waals surface area contributed by atoms with Gasteiger partial charge in [0.25, 0.3) is 0 Å². The molecule has 0 radical (unpaired) electrons. The molecule has 0 aromatic carbocycles. The summed E-state index contributed by atoms with van der Waals surface area (Å²) in [6.45, 7) is 0.786. The van der Waals surface area contributed by atoms with Crippen LogP contribution in [0, 0.1) is 11.3 Å². The molecule has 1 aliphatic carbocycles. The third-order valence-corrected chi connectivity index (χ3v) is 2.52. The zero-order chi connectivity index (χ0) is 10.7. The lowest BCUT2D eigenvalue weighted by atomic mass is 10.3. The van der Waals surface area contributed by atoms with Crippen molar-refractivity contribution in [1.82, 2.24) is 4.98 Å². The van der Waals surface area contributed by atoms with Crippen molar-refractivity contribution >= 4 is 5.69 Å². The van der Waals surface area contributed by atoms with Crippen LogP contribution in [0.5, 0.6) is 0 Å². The Kier molecular flexibility index (Phi) is 2.84. The number of aromatic nitrogens is 1. The third-order valence-electron chi connectivity index (χ3n) is 2.52. The van der Waals surface area contributed by atoms with Crippen molar-refractivity contribution in [2.75, 3.05) is 18.1 Å². The summed E-state index contributed by atoms with van der Waals surface area (Å²) in [4.78, 5) is 6.17. The summed E-state index contributed by atoms with van der Waals surface area (Å²) in [6.07, 6.45) is 4.06. The average Bonchev–Trinajstić information content (AvgIpc) is 3.10. The van der Waals surface area contributed by atoms with Crippen molar-refractivity contribution in [3.8, 4) is 6.07 Å². The van der Waals surface area contributed by atoms with E-state index in [4.69, 9.17) is 10.4 Å². The van der Waals surface area contributed by atoms with Gasteiger partial charge in [0.15, 0.2) is 0 Å². The first-order chi connectivity index (χ1) is 7.35. The van der Waals surface area contributed by atoms with E-state index in [9.17, 15) is 0 Å². The molecule has 0 spiro atoms. The molecule has 0 aliphatic heterocycles. The second-order valence-electron chi connectivity index (χ2n) is 3.66. The first-order valence-electron chi connectivity index (χ1n) is 5.09. The maximum atomic E-state index is 8.96. The fourth-order valence-corrected chi connectivity index (χ4v) is 1.64. The normalized spacial score (nSPS) is 14.7. The minimum absolute atomic E-state index is 0.149. The van der Waals surface area contributed by atoms with Gasteiger partial charge in [-0.1, -0.05) is 0 Å². The zero-order valence-corrected chi connectivity index (χ0v) is 8.43. The van der Waals surface area contributed by atoms with E-state index in [2.05, 4.69) is 9.88 Å². The van der Waals surface area contributed by atoms with Gasteiger partial charge in [-0.15, -0.1) is 0 Å². The van der Waals surface area contributed by atoms with Gasteiger partial charge in [-0.05, 0) is 25.0 Å². The first kappa shape index (κ1) is 9.94. The molecule has 15 heavy (non-hydrogen) atoms. The van der Waals surface area contributed by atoms with Gasteiger partial charge in [-0.2, -0.15) is 5.26 Å². The molecule has 1 heterocycles. The van der Waals surface area contributed by atoms with Gasteiger partial charge in [0.1, 0.15) is 11.8 Å². The maximum Gasteiger partial charge on any atom is 0.140 e. The summed E-state index contributed by atoms with van der Waals surface area (Å²) >= 11 is 0. The quantitative estimate of drug-likeness (QED) is 0.790.